The number of ether oxygens (including phenoxy) is 1. The molecule has 0 aliphatic carbocycles. The van der Waals surface area contributed by atoms with E-state index >= 15 is 0 Å². The number of nitrogens with two attached hydrogens (primary N) is 2. The highest BCUT2D eigenvalue weighted by Crippen LogP contribution is 2.30. The molecule has 6 N–H and O–H groups in total. The maximum Gasteiger partial charge on any atom is 0.150 e. The molecule has 144 valence electrons. The summed E-state index contributed by atoms with van der Waals surface area (Å²) in [6.07, 6.45) is 0. The van der Waals surface area contributed by atoms with Crippen LogP contribution in [0.25, 0.3) is 0 Å². The summed E-state index contributed by atoms with van der Waals surface area (Å²) in [6.45, 7) is 0. The van der Waals surface area contributed by atoms with Gasteiger partial charge in [-0.1, -0.05) is 18.2 Å². The van der Waals surface area contributed by atoms with Crippen molar-refractivity contribution in [3.05, 3.63) is 97.1 Å². The van der Waals surface area contributed by atoms with E-state index in [1.54, 1.807) is 18.2 Å². The van der Waals surface area contributed by atoms with E-state index in [1.807, 2.05) is 78.9 Å². The fourth-order valence-electron chi connectivity index (χ4n) is 2.88. The number of para-hydroxylation sites is 1. The zero-order valence-electron chi connectivity index (χ0n) is 15.8. The van der Waals surface area contributed by atoms with E-state index in [1.165, 1.54) is 0 Å². The fourth-order valence-corrected chi connectivity index (χ4v) is 2.88. The minimum atomic E-state index is 0.511. The van der Waals surface area contributed by atoms with Crippen LogP contribution in [0.2, 0.25) is 0 Å². The predicted molar refractivity (Wildman–Crippen MR) is 121 cm³/mol. The van der Waals surface area contributed by atoms with Gasteiger partial charge >= 0.3 is 0 Å². The molecule has 4 rings (SSSR count). The van der Waals surface area contributed by atoms with E-state index in [2.05, 4.69) is 10.6 Å². The SMILES string of the molecule is Nc1ccc(Oc2ccc(Nc3ccc(Nc4ccccc4)cc3)cc2)c(N)c1. The van der Waals surface area contributed by atoms with E-state index in [0.29, 0.717) is 22.9 Å². The summed E-state index contributed by atoms with van der Waals surface area (Å²) in [5.74, 6) is 1.29. The normalized spacial score (nSPS) is 10.3. The summed E-state index contributed by atoms with van der Waals surface area (Å²) in [5, 5.41) is 6.75. The van der Waals surface area contributed by atoms with E-state index in [-0.39, 0.29) is 0 Å². The van der Waals surface area contributed by atoms with E-state index < -0.39 is 0 Å². The molecule has 0 bridgehead atoms. The van der Waals surface area contributed by atoms with Gasteiger partial charge in [-0.25, -0.2) is 0 Å². The smallest absolute Gasteiger partial charge is 0.150 e. The standard InChI is InChI=1S/C24H22N4O/c25-17-6-15-24(23(26)16-17)29-22-13-11-21(12-14-22)28-20-9-7-19(8-10-20)27-18-4-2-1-3-5-18/h1-16,27-28H,25-26H2. The molecule has 0 atom stereocenters. The van der Waals surface area contributed by atoms with E-state index in [4.69, 9.17) is 16.2 Å². The van der Waals surface area contributed by atoms with Gasteiger partial charge in [-0.05, 0) is 78.9 Å². The predicted octanol–water partition coefficient (Wildman–Crippen LogP) is 6.13. The molecular formula is C24H22N4O. The van der Waals surface area contributed by atoms with Crippen LogP contribution in [0.4, 0.5) is 34.1 Å². The Morgan fingerprint density at radius 2 is 1.07 bits per heavy atom. The Balaban J connectivity index is 1.38. The largest absolute Gasteiger partial charge is 0.455 e. The second-order valence-corrected chi connectivity index (χ2v) is 6.62. The number of hydrogen-bond donors (Lipinski definition) is 4. The number of nitrogen functional groups attached to an aromatic ring is 2. The molecule has 0 saturated carbocycles. The van der Waals surface area contributed by atoms with Gasteiger partial charge in [0, 0.05) is 28.4 Å². The third-order valence-corrected chi connectivity index (χ3v) is 4.35. The highest BCUT2D eigenvalue weighted by Gasteiger charge is 2.03. The maximum atomic E-state index is 5.94. The Labute approximate surface area is 169 Å². The van der Waals surface area contributed by atoms with Crippen LogP contribution in [0.5, 0.6) is 11.5 Å². The van der Waals surface area contributed by atoms with Crippen molar-refractivity contribution < 1.29 is 4.74 Å². The first-order valence-electron chi connectivity index (χ1n) is 9.28. The van der Waals surface area contributed by atoms with E-state index in [9.17, 15) is 0 Å². The highest BCUT2D eigenvalue weighted by molar-refractivity contribution is 5.66. The summed E-state index contributed by atoms with van der Waals surface area (Å²) in [5.41, 5.74) is 16.8. The van der Waals surface area contributed by atoms with Crippen LogP contribution in [0.1, 0.15) is 0 Å². The Hall–Kier alpha value is -4.12. The van der Waals surface area contributed by atoms with Crippen molar-refractivity contribution in [2.75, 3.05) is 22.1 Å². The van der Waals surface area contributed by atoms with Gasteiger partial charge in [0.1, 0.15) is 11.5 Å². The number of rotatable bonds is 6. The van der Waals surface area contributed by atoms with Crippen LogP contribution >= 0.6 is 0 Å². The molecule has 5 heteroatoms. The molecule has 0 spiro atoms. The topological polar surface area (TPSA) is 85.3 Å². The van der Waals surface area contributed by atoms with Crippen LogP contribution < -0.4 is 26.8 Å². The lowest BCUT2D eigenvalue weighted by Gasteiger charge is -2.11. The van der Waals surface area contributed by atoms with Gasteiger partial charge in [-0.2, -0.15) is 0 Å². The van der Waals surface area contributed by atoms with Crippen LogP contribution in [0.15, 0.2) is 97.1 Å². The molecular weight excluding hydrogens is 360 g/mol. The zero-order valence-corrected chi connectivity index (χ0v) is 15.8. The second kappa shape index (κ2) is 8.27. The van der Waals surface area contributed by atoms with Crippen molar-refractivity contribution in [3.63, 3.8) is 0 Å². The third kappa shape index (κ3) is 4.78. The molecule has 29 heavy (non-hydrogen) atoms. The minimum absolute atomic E-state index is 0.511. The van der Waals surface area contributed by atoms with Crippen molar-refractivity contribution in [2.45, 2.75) is 0 Å². The first-order chi connectivity index (χ1) is 14.2. The molecule has 0 aliphatic heterocycles. The van der Waals surface area contributed by atoms with Crippen molar-refractivity contribution in [3.8, 4) is 11.5 Å². The summed E-state index contributed by atoms with van der Waals surface area (Å²) in [7, 11) is 0. The first-order valence-corrected chi connectivity index (χ1v) is 9.28. The molecule has 0 saturated heterocycles. The quantitative estimate of drug-likeness (QED) is 0.301. The van der Waals surface area contributed by atoms with Crippen LogP contribution in [0.3, 0.4) is 0 Å². The minimum Gasteiger partial charge on any atom is -0.455 e. The zero-order chi connectivity index (χ0) is 20.1. The molecule has 0 heterocycles. The molecule has 0 aromatic heterocycles. The van der Waals surface area contributed by atoms with Gasteiger partial charge in [-0.3, -0.25) is 0 Å². The molecule has 0 aliphatic rings. The van der Waals surface area contributed by atoms with Crippen molar-refractivity contribution >= 4 is 34.1 Å². The molecule has 0 unspecified atom stereocenters. The number of hydrogen-bond acceptors (Lipinski definition) is 5. The molecule has 5 nitrogen and oxygen atoms in total. The second-order valence-electron chi connectivity index (χ2n) is 6.62. The molecule has 4 aromatic carbocycles. The lowest BCUT2D eigenvalue weighted by atomic mass is 10.2. The Kier molecular flexibility index (Phi) is 5.21. The first kappa shape index (κ1) is 18.3. The van der Waals surface area contributed by atoms with Gasteiger partial charge in [0.15, 0.2) is 0 Å². The molecule has 0 amide bonds. The third-order valence-electron chi connectivity index (χ3n) is 4.35. The van der Waals surface area contributed by atoms with Gasteiger partial charge in [0.25, 0.3) is 0 Å². The summed E-state index contributed by atoms with van der Waals surface area (Å²) < 4.78 is 5.83. The summed E-state index contributed by atoms with van der Waals surface area (Å²) in [6, 6.07) is 31.1. The van der Waals surface area contributed by atoms with Gasteiger partial charge in [-0.15, -0.1) is 0 Å². The molecule has 0 fully saturated rings. The Morgan fingerprint density at radius 1 is 0.552 bits per heavy atom. The number of nitrogens with one attached hydrogen (secondary N) is 2. The number of anilines is 6. The van der Waals surface area contributed by atoms with Gasteiger partial charge in [0.05, 0.1) is 5.69 Å². The van der Waals surface area contributed by atoms with Gasteiger partial charge < -0.3 is 26.8 Å². The average Bonchev–Trinajstić information content (AvgIpc) is 2.74. The molecule has 0 radical (unpaired) electrons. The van der Waals surface area contributed by atoms with Gasteiger partial charge in [0.2, 0.25) is 0 Å². The highest BCUT2D eigenvalue weighted by atomic mass is 16.5. The number of benzene rings is 4. The summed E-state index contributed by atoms with van der Waals surface area (Å²) in [4.78, 5) is 0. The lowest BCUT2D eigenvalue weighted by molar-refractivity contribution is 0.485. The molecule has 4 aromatic rings. The monoisotopic (exact) mass is 382 g/mol. The Morgan fingerprint density at radius 3 is 1.62 bits per heavy atom. The fraction of sp³-hybridized carbons (Fsp3) is 0. The van der Waals surface area contributed by atoms with Crippen molar-refractivity contribution in [2.24, 2.45) is 0 Å². The lowest BCUT2D eigenvalue weighted by Crippen LogP contribution is -1.95. The van der Waals surface area contributed by atoms with Crippen LogP contribution in [-0.4, -0.2) is 0 Å². The summed E-state index contributed by atoms with van der Waals surface area (Å²) >= 11 is 0. The van der Waals surface area contributed by atoms with Crippen LogP contribution in [-0.2, 0) is 0 Å². The average molecular weight is 382 g/mol. The van der Waals surface area contributed by atoms with Crippen LogP contribution in [0, 0.1) is 0 Å². The Bertz CT molecular complexity index is 1080. The van der Waals surface area contributed by atoms with Crippen molar-refractivity contribution in [1.29, 1.82) is 0 Å². The van der Waals surface area contributed by atoms with Crippen molar-refractivity contribution in [1.82, 2.24) is 0 Å². The van der Waals surface area contributed by atoms with E-state index in [0.717, 1.165) is 22.7 Å². The maximum absolute atomic E-state index is 5.94.